The molecule has 2 aromatic rings. The van der Waals surface area contributed by atoms with E-state index >= 15 is 0 Å². The van der Waals surface area contributed by atoms with Gasteiger partial charge in [0, 0.05) is 25.1 Å². The lowest BCUT2D eigenvalue weighted by Crippen LogP contribution is -2.35. The van der Waals surface area contributed by atoms with Gasteiger partial charge in [-0.15, -0.1) is 10.2 Å². The van der Waals surface area contributed by atoms with Gasteiger partial charge in [0.2, 0.25) is 5.88 Å². The van der Waals surface area contributed by atoms with Crippen molar-refractivity contribution in [3.8, 4) is 11.9 Å². The Labute approximate surface area is 147 Å². The molecule has 1 fully saturated rings. The van der Waals surface area contributed by atoms with E-state index in [0.29, 0.717) is 29.7 Å². The van der Waals surface area contributed by atoms with E-state index in [0.717, 1.165) is 31.0 Å². The minimum absolute atomic E-state index is 0.291. The molecule has 0 radical (unpaired) electrons. The molecule has 1 saturated carbocycles. The molecule has 2 aromatic heterocycles. The minimum atomic E-state index is 0.291. The predicted octanol–water partition coefficient (Wildman–Crippen LogP) is 1.04. The van der Waals surface area contributed by atoms with Crippen LogP contribution >= 0.6 is 0 Å². The van der Waals surface area contributed by atoms with Gasteiger partial charge >= 0.3 is 6.01 Å². The van der Waals surface area contributed by atoms with Crippen LogP contribution in [-0.4, -0.2) is 64.0 Å². The number of rotatable bonds is 7. The van der Waals surface area contributed by atoms with Crippen LogP contribution < -0.4 is 14.8 Å². The van der Waals surface area contributed by atoms with Gasteiger partial charge < -0.3 is 24.3 Å². The zero-order valence-corrected chi connectivity index (χ0v) is 15.4. The lowest BCUT2D eigenvalue weighted by molar-refractivity contribution is 0.341. The Hall–Kier alpha value is -2.42. The van der Waals surface area contributed by atoms with E-state index in [1.54, 1.807) is 13.2 Å². The molecular weight excluding hydrogens is 322 g/mol. The molecule has 0 spiro atoms. The number of hydrogen-bond donors (Lipinski definition) is 1. The topological polar surface area (TPSA) is 90.2 Å². The number of nitrogens with zero attached hydrogens (tertiary/aromatic N) is 6. The van der Waals surface area contributed by atoms with Gasteiger partial charge in [-0.1, -0.05) is 0 Å². The molecule has 136 valence electrons. The van der Waals surface area contributed by atoms with Gasteiger partial charge in [-0.2, -0.15) is 9.97 Å². The van der Waals surface area contributed by atoms with Gasteiger partial charge in [-0.3, -0.25) is 0 Å². The molecule has 0 aromatic carbocycles. The second kappa shape index (κ2) is 7.22. The van der Waals surface area contributed by atoms with Crippen LogP contribution in [0.2, 0.25) is 0 Å². The maximum Gasteiger partial charge on any atom is 0.321 e. The van der Waals surface area contributed by atoms with E-state index in [1.807, 2.05) is 21.1 Å². The van der Waals surface area contributed by atoms with Crippen molar-refractivity contribution in [1.29, 1.82) is 0 Å². The highest BCUT2D eigenvalue weighted by Crippen LogP contribution is 2.37. The number of anilines is 1. The zero-order chi connectivity index (χ0) is 18.0. The summed E-state index contributed by atoms with van der Waals surface area (Å²) in [4.78, 5) is 10.5. The molecule has 0 saturated heterocycles. The second-order valence-corrected chi connectivity index (χ2v) is 6.56. The first-order valence-corrected chi connectivity index (χ1v) is 8.26. The maximum absolute atomic E-state index is 5.17. The summed E-state index contributed by atoms with van der Waals surface area (Å²) in [5, 5.41) is 12.1. The Morgan fingerprint density at radius 3 is 2.60 bits per heavy atom. The number of aromatic nitrogens is 5. The van der Waals surface area contributed by atoms with Crippen molar-refractivity contribution < 1.29 is 9.47 Å². The predicted molar refractivity (Wildman–Crippen MR) is 92.9 cm³/mol. The molecular formula is C16H25N7O2. The van der Waals surface area contributed by atoms with E-state index < -0.39 is 0 Å². The fourth-order valence-corrected chi connectivity index (χ4v) is 2.98. The highest BCUT2D eigenvalue weighted by molar-refractivity contribution is 5.41. The summed E-state index contributed by atoms with van der Waals surface area (Å²) in [5.74, 6) is 3.64. The first-order chi connectivity index (χ1) is 12.0. The zero-order valence-electron chi connectivity index (χ0n) is 15.4. The number of nitrogens with one attached hydrogen (secondary N) is 1. The number of ether oxygens (including phenoxy) is 2. The molecule has 0 amide bonds. The van der Waals surface area contributed by atoms with Crippen molar-refractivity contribution in [2.45, 2.75) is 31.3 Å². The van der Waals surface area contributed by atoms with Gasteiger partial charge in [-0.05, 0) is 26.9 Å². The Kier molecular flexibility index (Phi) is 5.03. The first kappa shape index (κ1) is 17.4. The summed E-state index contributed by atoms with van der Waals surface area (Å²) in [5.41, 5.74) is 0. The SMILES string of the molecule is COc1cc(NC2CC(c3nnc(CN(C)C)n3C)C2)nc(OC)n1. The van der Waals surface area contributed by atoms with Crippen LogP contribution in [0.3, 0.4) is 0 Å². The molecule has 25 heavy (non-hydrogen) atoms. The molecule has 2 heterocycles. The molecule has 1 aliphatic carbocycles. The number of methoxy groups -OCH3 is 2. The van der Waals surface area contributed by atoms with Crippen molar-refractivity contribution in [3.63, 3.8) is 0 Å². The number of hydrogen-bond acceptors (Lipinski definition) is 8. The van der Waals surface area contributed by atoms with E-state index in [4.69, 9.17) is 9.47 Å². The molecule has 9 nitrogen and oxygen atoms in total. The van der Waals surface area contributed by atoms with Crippen molar-refractivity contribution >= 4 is 5.82 Å². The Morgan fingerprint density at radius 2 is 1.96 bits per heavy atom. The van der Waals surface area contributed by atoms with Gasteiger partial charge in [0.15, 0.2) is 0 Å². The lowest BCUT2D eigenvalue weighted by Gasteiger charge is -2.35. The fraction of sp³-hybridized carbons (Fsp3) is 0.625. The normalized spacial score (nSPS) is 19.6. The van der Waals surface area contributed by atoms with Gasteiger partial charge in [0.05, 0.1) is 20.8 Å². The van der Waals surface area contributed by atoms with Crippen LogP contribution in [0.15, 0.2) is 6.07 Å². The van der Waals surface area contributed by atoms with Crippen LogP contribution in [0.1, 0.15) is 30.4 Å². The Morgan fingerprint density at radius 1 is 1.20 bits per heavy atom. The third-order valence-electron chi connectivity index (χ3n) is 4.39. The van der Waals surface area contributed by atoms with Crippen LogP contribution in [0.25, 0.3) is 0 Å². The summed E-state index contributed by atoms with van der Waals surface area (Å²) in [6, 6.07) is 2.40. The van der Waals surface area contributed by atoms with E-state index in [-0.39, 0.29) is 0 Å². The van der Waals surface area contributed by atoms with E-state index in [2.05, 4.69) is 34.9 Å². The maximum atomic E-state index is 5.17. The summed E-state index contributed by atoms with van der Waals surface area (Å²) < 4.78 is 12.4. The standard InChI is InChI=1S/C16H25N7O2/c1-22(2)9-13-20-21-15(23(13)3)10-6-11(7-10)17-12-8-14(24-4)19-16(18-12)25-5/h8,10-11H,6-7,9H2,1-5H3,(H,17,18,19). The van der Waals surface area contributed by atoms with Crippen LogP contribution in [-0.2, 0) is 13.6 Å². The lowest BCUT2D eigenvalue weighted by atomic mass is 9.79. The Balaban J connectivity index is 1.61. The highest BCUT2D eigenvalue weighted by Gasteiger charge is 2.34. The molecule has 1 aliphatic rings. The molecule has 9 heteroatoms. The average Bonchev–Trinajstić information content (AvgIpc) is 2.90. The summed E-state index contributed by atoms with van der Waals surface area (Å²) >= 11 is 0. The smallest absolute Gasteiger partial charge is 0.321 e. The molecule has 1 N–H and O–H groups in total. The van der Waals surface area contributed by atoms with Crippen LogP contribution in [0.5, 0.6) is 11.9 Å². The summed E-state index contributed by atoms with van der Waals surface area (Å²) in [7, 11) is 9.21. The van der Waals surface area contributed by atoms with Crippen LogP contribution in [0.4, 0.5) is 5.82 Å². The first-order valence-electron chi connectivity index (χ1n) is 8.26. The minimum Gasteiger partial charge on any atom is -0.481 e. The molecule has 3 rings (SSSR count). The van der Waals surface area contributed by atoms with Crippen molar-refractivity contribution in [2.24, 2.45) is 7.05 Å². The second-order valence-electron chi connectivity index (χ2n) is 6.56. The van der Waals surface area contributed by atoms with Gasteiger partial charge in [-0.25, -0.2) is 0 Å². The van der Waals surface area contributed by atoms with E-state index in [9.17, 15) is 0 Å². The van der Waals surface area contributed by atoms with Gasteiger partial charge in [0.25, 0.3) is 0 Å². The summed E-state index contributed by atoms with van der Waals surface area (Å²) in [6.07, 6.45) is 1.98. The van der Waals surface area contributed by atoms with Crippen molar-refractivity contribution in [2.75, 3.05) is 33.6 Å². The molecule has 0 atom stereocenters. The van der Waals surface area contributed by atoms with Gasteiger partial charge in [0.1, 0.15) is 17.5 Å². The van der Waals surface area contributed by atoms with Crippen molar-refractivity contribution in [1.82, 2.24) is 29.6 Å². The third-order valence-corrected chi connectivity index (χ3v) is 4.39. The quantitative estimate of drug-likeness (QED) is 0.795. The highest BCUT2D eigenvalue weighted by atomic mass is 16.5. The largest absolute Gasteiger partial charge is 0.481 e. The Bertz CT molecular complexity index is 703. The monoisotopic (exact) mass is 347 g/mol. The summed E-state index contributed by atoms with van der Waals surface area (Å²) in [6.45, 7) is 0.790. The van der Waals surface area contributed by atoms with E-state index in [1.165, 1.54) is 7.11 Å². The molecule has 0 unspecified atom stereocenters. The van der Waals surface area contributed by atoms with Crippen molar-refractivity contribution in [3.05, 3.63) is 17.7 Å². The average molecular weight is 347 g/mol. The molecule has 0 bridgehead atoms. The molecule has 0 aliphatic heterocycles. The fourth-order valence-electron chi connectivity index (χ4n) is 2.98. The third kappa shape index (κ3) is 3.81. The van der Waals surface area contributed by atoms with Crippen LogP contribution in [0, 0.1) is 0 Å².